The minimum atomic E-state index is 0.0411. The first kappa shape index (κ1) is 18.2. The van der Waals surface area contributed by atoms with Crippen LogP contribution in [-0.4, -0.2) is 25.8 Å². The summed E-state index contributed by atoms with van der Waals surface area (Å²) in [6, 6.07) is 35.8. The second-order valence-electron chi connectivity index (χ2n) is 7.32. The van der Waals surface area contributed by atoms with E-state index in [2.05, 4.69) is 78.9 Å². The quantitative estimate of drug-likeness (QED) is 0.323. The van der Waals surface area contributed by atoms with Crippen molar-refractivity contribution in [3.8, 4) is 0 Å². The van der Waals surface area contributed by atoms with E-state index in [9.17, 15) is 4.79 Å². The summed E-state index contributed by atoms with van der Waals surface area (Å²) in [7, 11) is 0. The van der Waals surface area contributed by atoms with Gasteiger partial charge in [-0.3, -0.25) is 0 Å². The summed E-state index contributed by atoms with van der Waals surface area (Å²) in [6.45, 7) is 0.668. The number of hydrogen-bond donors (Lipinski definition) is 0. The standard InChI is InChI=1S/C26H21NOSe/c28-26-25(29-23-17-9-15-20-12-7-8-16-22(20)23)24(21-13-5-2-6-14-21)27(26)18-19-10-3-1-4-11-19/h1-17,24-25H,18H2/t24-,25-/m1/s1. The number of carbonyl (C=O) groups excluding carboxylic acids is 1. The molecule has 0 spiro atoms. The van der Waals surface area contributed by atoms with E-state index in [1.165, 1.54) is 26.4 Å². The molecule has 0 bridgehead atoms. The van der Waals surface area contributed by atoms with Crippen molar-refractivity contribution in [1.29, 1.82) is 0 Å². The molecule has 1 aliphatic heterocycles. The molecule has 0 radical (unpaired) electrons. The summed E-state index contributed by atoms with van der Waals surface area (Å²) in [4.78, 5) is 15.3. The summed E-state index contributed by atoms with van der Waals surface area (Å²) in [5.74, 6) is 0.274. The van der Waals surface area contributed by atoms with Crippen LogP contribution in [0, 0.1) is 0 Å². The van der Waals surface area contributed by atoms with E-state index in [1.807, 2.05) is 29.2 Å². The molecule has 1 fully saturated rings. The van der Waals surface area contributed by atoms with Crippen molar-refractivity contribution in [3.63, 3.8) is 0 Å². The van der Waals surface area contributed by atoms with E-state index >= 15 is 0 Å². The Labute approximate surface area is 177 Å². The van der Waals surface area contributed by atoms with Crippen LogP contribution >= 0.6 is 0 Å². The zero-order chi connectivity index (χ0) is 19.6. The Morgan fingerprint density at radius 1 is 0.724 bits per heavy atom. The summed E-state index contributed by atoms with van der Waals surface area (Å²) in [6.07, 6.45) is 0. The average Bonchev–Trinajstić information content (AvgIpc) is 2.79. The molecule has 1 amide bonds. The summed E-state index contributed by atoms with van der Waals surface area (Å²) < 4.78 is 1.31. The van der Waals surface area contributed by atoms with Gasteiger partial charge in [0.1, 0.15) is 0 Å². The van der Waals surface area contributed by atoms with Crippen LogP contribution in [0.4, 0.5) is 0 Å². The van der Waals surface area contributed by atoms with E-state index in [-0.39, 0.29) is 31.7 Å². The van der Waals surface area contributed by atoms with Crippen LogP contribution in [0.2, 0.25) is 4.82 Å². The first-order chi connectivity index (χ1) is 14.3. The Morgan fingerprint density at radius 2 is 1.38 bits per heavy atom. The Morgan fingerprint density at radius 3 is 2.17 bits per heavy atom. The van der Waals surface area contributed by atoms with Gasteiger partial charge in [0.25, 0.3) is 0 Å². The number of likely N-dealkylation sites (tertiary alicyclic amines) is 1. The summed E-state index contributed by atoms with van der Waals surface area (Å²) >= 11 is 0.0750. The van der Waals surface area contributed by atoms with E-state index < -0.39 is 0 Å². The zero-order valence-corrected chi connectivity index (χ0v) is 17.7. The molecular formula is C26H21NOSe. The molecule has 29 heavy (non-hydrogen) atoms. The molecule has 5 rings (SSSR count). The molecule has 3 heteroatoms. The van der Waals surface area contributed by atoms with Gasteiger partial charge in [-0.05, 0) is 0 Å². The van der Waals surface area contributed by atoms with Gasteiger partial charge in [-0.1, -0.05) is 0 Å². The molecular weight excluding hydrogens is 421 g/mol. The van der Waals surface area contributed by atoms with Crippen molar-refractivity contribution in [2.45, 2.75) is 17.4 Å². The van der Waals surface area contributed by atoms with Gasteiger partial charge in [0.2, 0.25) is 0 Å². The van der Waals surface area contributed by atoms with Crippen molar-refractivity contribution in [2.24, 2.45) is 0 Å². The number of carbonyl (C=O) groups is 1. The van der Waals surface area contributed by atoms with Gasteiger partial charge in [-0.25, -0.2) is 0 Å². The Balaban J connectivity index is 1.47. The molecule has 0 saturated carbocycles. The third-order valence-corrected chi connectivity index (χ3v) is 8.27. The zero-order valence-electron chi connectivity index (χ0n) is 15.9. The van der Waals surface area contributed by atoms with Crippen LogP contribution in [0.25, 0.3) is 10.8 Å². The number of rotatable bonds is 5. The van der Waals surface area contributed by atoms with Gasteiger partial charge in [0.15, 0.2) is 0 Å². The molecule has 2 nitrogen and oxygen atoms in total. The third-order valence-electron chi connectivity index (χ3n) is 5.49. The van der Waals surface area contributed by atoms with Crippen LogP contribution < -0.4 is 4.46 Å². The molecule has 4 aromatic rings. The fourth-order valence-electron chi connectivity index (χ4n) is 4.03. The summed E-state index contributed by atoms with van der Waals surface area (Å²) in [5, 5.41) is 2.52. The number of fused-ring (bicyclic) bond motifs is 1. The molecule has 0 aromatic heterocycles. The molecule has 0 N–H and O–H groups in total. The molecule has 0 unspecified atom stereocenters. The van der Waals surface area contributed by atoms with Crippen molar-refractivity contribution in [1.82, 2.24) is 4.90 Å². The van der Waals surface area contributed by atoms with Gasteiger partial charge in [0.05, 0.1) is 0 Å². The van der Waals surface area contributed by atoms with Crippen LogP contribution in [-0.2, 0) is 11.3 Å². The maximum atomic E-state index is 13.2. The normalized spacial score (nSPS) is 18.6. The van der Waals surface area contributed by atoms with Crippen molar-refractivity contribution in [3.05, 3.63) is 114 Å². The number of β-lactam (4-membered cyclic amide) rings is 1. The Hall–Kier alpha value is -2.87. The van der Waals surface area contributed by atoms with Gasteiger partial charge in [0, 0.05) is 0 Å². The molecule has 142 valence electrons. The van der Waals surface area contributed by atoms with Gasteiger partial charge in [-0.2, -0.15) is 0 Å². The Bertz CT molecular complexity index is 1140. The first-order valence-electron chi connectivity index (χ1n) is 9.85. The molecule has 1 heterocycles. The monoisotopic (exact) mass is 443 g/mol. The average molecular weight is 442 g/mol. The van der Waals surface area contributed by atoms with E-state index in [4.69, 9.17) is 0 Å². The third kappa shape index (κ3) is 3.48. The van der Waals surface area contributed by atoms with Gasteiger partial charge >= 0.3 is 177 Å². The van der Waals surface area contributed by atoms with Gasteiger partial charge in [-0.15, -0.1) is 0 Å². The maximum absolute atomic E-state index is 13.2. The number of hydrogen-bond acceptors (Lipinski definition) is 1. The summed E-state index contributed by atoms with van der Waals surface area (Å²) in [5.41, 5.74) is 2.41. The molecule has 1 saturated heterocycles. The van der Waals surface area contributed by atoms with E-state index in [1.54, 1.807) is 0 Å². The fourth-order valence-corrected chi connectivity index (χ4v) is 6.99. The Kier molecular flexibility index (Phi) is 4.93. The van der Waals surface area contributed by atoms with Crippen LogP contribution in [0.1, 0.15) is 17.2 Å². The van der Waals surface area contributed by atoms with Crippen LogP contribution in [0.15, 0.2) is 103 Å². The minimum absolute atomic E-state index is 0.0411. The fraction of sp³-hybridized carbons (Fsp3) is 0.115. The SMILES string of the molecule is O=C1[C@H]([Se]c2cccc3ccccc23)[C@@H](c2ccccc2)N1Cc1ccccc1. The predicted molar refractivity (Wildman–Crippen MR) is 119 cm³/mol. The molecule has 2 atom stereocenters. The van der Waals surface area contributed by atoms with Crippen LogP contribution in [0.5, 0.6) is 0 Å². The first-order valence-corrected chi connectivity index (χ1v) is 11.7. The van der Waals surface area contributed by atoms with Crippen LogP contribution in [0.3, 0.4) is 0 Å². The molecule has 1 aliphatic rings. The number of nitrogens with zero attached hydrogens (tertiary/aromatic N) is 1. The number of amides is 1. The second-order valence-corrected chi connectivity index (χ2v) is 9.81. The molecule has 4 aromatic carbocycles. The van der Waals surface area contributed by atoms with Gasteiger partial charge < -0.3 is 0 Å². The van der Waals surface area contributed by atoms with E-state index in [0.717, 1.165) is 0 Å². The van der Waals surface area contributed by atoms with E-state index in [0.29, 0.717) is 6.54 Å². The van der Waals surface area contributed by atoms with Crippen molar-refractivity contribution >= 4 is 36.1 Å². The van der Waals surface area contributed by atoms with Crippen molar-refractivity contribution in [2.75, 3.05) is 0 Å². The predicted octanol–water partition coefficient (Wildman–Crippen LogP) is 4.74. The van der Waals surface area contributed by atoms with Crippen molar-refractivity contribution < 1.29 is 4.79 Å². The second kappa shape index (κ2) is 7.87. The topological polar surface area (TPSA) is 20.3 Å². The number of benzene rings is 4. The molecule has 0 aliphatic carbocycles.